The summed E-state index contributed by atoms with van der Waals surface area (Å²) >= 11 is 0. The summed E-state index contributed by atoms with van der Waals surface area (Å²) in [4.78, 5) is 0. The van der Waals surface area contributed by atoms with E-state index in [1.54, 1.807) is 0 Å². The predicted octanol–water partition coefficient (Wildman–Crippen LogP) is 3.15. The van der Waals surface area contributed by atoms with Crippen LogP contribution in [0.15, 0.2) is 17.9 Å². The third-order valence-electron chi connectivity index (χ3n) is 1.74. The van der Waals surface area contributed by atoms with Gasteiger partial charge in [-0.2, -0.15) is 0 Å². The Morgan fingerprint density at radius 3 is 2.56 bits per heavy atom. The second kappa shape index (κ2) is 4.40. The predicted molar refractivity (Wildman–Crippen MR) is 42.4 cm³/mol. The van der Waals surface area contributed by atoms with Crippen molar-refractivity contribution < 1.29 is 0 Å². The Hall–Kier alpha value is -0.480. The summed E-state index contributed by atoms with van der Waals surface area (Å²) < 4.78 is 0. The Morgan fingerprint density at radius 2 is 2.22 bits per heavy atom. The second-order valence-corrected chi connectivity index (χ2v) is 2.55. The molecule has 0 heteroatoms. The smallest absolute Gasteiger partial charge is 0.0159 e. The van der Waals surface area contributed by atoms with Crippen molar-refractivity contribution in [2.75, 3.05) is 0 Å². The van der Waals surface area contributed by atoms with Crippen LogP contribution in [0.1, 0.15) is 33.6 Å². The molecule has 0 N–H and O–H groups in total. The van der Waals surface area contributed by atoms with Crippen LogP contribution < -0.4 is 0 Å². The zero-order valence-electron chi connectivity index (χ0n) is 6.70. The van der Waals surface area contributed by atoms with Crippen LogP contribution in [0, 0.1) is 5.92 Å². The fourth-order valence-electron chi connectivity index (χ4n) is 0.824. The maximum absolute atomic E-state index is 3.60. The minimum absolute atomic E-state index is 0.674. The molecule has 0 saturated heterocycles. The molecule has 0 rings (SSSR count). The molecule has 0 fully saturated rings. The van der Waals surface area contributed by atoms with E-state index in [4.69, 9.17) is 0 Å². The van der Waals surface area contributed by atoms with Crippen molar-refractivity contribution in [3.8, 4) is 0 Å². The molecule has 0 aromatic rings. The molecule has 1 atom stereocenters. The molecular weight excluding hydrogens is 108 g/mol. The Balaban J connectivity index is 3.73. The third-order valence-corrected chi connectivity index (χ3v) is 1.74. The summed E-state index contributed by atoms with van der Waals surface area (Å²) in [6.07, 6.45) is 2.51. The van der Waals surface area contributed by atoms with Crippen LogP contribution in [-0.2, 0) is 0 Å². The normalized spacial score (nSPS) is 12.3. The van der Waals surface area contributed by atoms with Crippen LogP contribution in [0.3, 0.4) is 0 Å². The van der Waals surface area contributed by atoms with Gasteiger partial charge in [0.25, 0.3) is 0 Å². The standard InChI is InChI=1S/C9H16/c1-5-7-9(4)8(3)6-2/h9H,2,5,7H2,1,3-4H3. The van der Waals surface area contributed by atoms with Gasteiger partial charge in [0.2, 0.25) is 0 Å². The van der Waals surface area contributed by atoms with E-state index in [1.807, 2.05) is 0 Å². The lowest BCUT2D eigenvalue weighted by Gasteiger charge is -2.06. The Labute approximate surface area is 58.3 Å². The van der Waals surface area contributed by atoms with Crippen LogP contribution >= 0.6 is 0 Å². The maximum Gasteiger partial charge on any atom is -0.0159 e. The summed E-state index contributed by atoms with van der Waals surface area (Å²) in [6.45, 7) is 10.1. The molecule has 0 aromatic carbocycles. The monoisotopic (exact) mass is 124 g/mol. The summed E-state index contributed by atoms with van der Waals surface area (Å²) in [5, 5.41) is 0. The van der Waals surface area contributed by atoms with Crippen LogP contribution in [0.5, 0.6) is 0 Å². The van der Waals surface area contributed by atoms with Crippen LogP contribution in [0.2, 0.25) is 0 Å². The summed E-state index contributed by atoms with van der Waals surface area (Å²) in [7, 11) is 0. The maximum atomic E-state index is 3.60. The van der Waals surface area contributed by atoms with Crippen molar-refractivity contribution in [3.63, 3.8) is 0 Å². The van der Waals surface area contributed by atoms with Crippen molar-refractivity contribution in [3.05, 3.63) is 17.9 Å². The molecule has 9 heavy (non-hydrogen) atoms. The zero-order valence-corrected chi connectivity index (χ0v) is 6.70. The minimum Gasteiger partial charge on any atom is -0.130 e. The highest BCUT2D eigenvalue weighted by molar-refractivity contribution is 4.98. The van der Waals surface area contributed by atoms with Gasteiger partial charge >= 0.3 is 0 Å². The molecule has 0 saturated carbocycles. The lowest BCUT2D eigenvalue weighted by Crippen LogP contribution is -1.93. The van der Waals surface area contributed by atoms with Crippen LogP contribution in [-0.4, -0.2) is 0 Å². The quantitative estimate of drug-likeness (QED) is 0.507. The van der Waals surface area contributed by atoms with E-state index >= 15 is 0 Å². The summed E-state index contributed by atoms with van der Waals surface area (Å²) in [6, 6.07) is 0. The molecule has 0 aromatic heterocycles. The molecule has 0 spiro atoms. The van der Waals surface area contributed by atoms with Gasteiger partial charge in [0, 0.05) is 0 Å². The highest BCUT2D eigenvalue weighted by Gasteiger charge is 1.99. The van der Waals surface area contributed by atoms with E-state index in [2.05, 4.69) is 33.1 Å². The zero-order chi connectivity index (χ0) is 7.28. The Morgan fingerprint density at radius 1 is 1.67 bits per heavy atom. The highest BCUT2D eigenvalue weighted by Crippen LogP contribution is 2.13. The van der Waals surface area contributed by atoms with Crippen molar-refractivity contribution in [1.82, 2.24) is 0 Å². The lowest BCUT2D eigenvalue weighted by atomic mass is 9.99. The van der Waals surface area contributed by atoms with Crippen molar-refractivity contribution >= 4 is 0 Å². The van der Waals surface area contributed by atoms with Gasteiger partial charge in [-0.1, -0.05) is 26.8 Å². The average molecular weight is 124 g/mol. The molecule has 0 nitrogen and oxygen atoms in total. The Kier molecular flexibility index (Phi) is 4.17. The van der Waals surface area contributed by atoms with Gasteiger partial charge in [0.05, 0.1) is 0 Å². The molecule has 0 bridgehead atoms. The molecule has 1 unspecified atom stereocenters. The van der Waals surface area contributed by atoms with Crippen molar-refractivity contribution in [2.45, 2.75) is 33.6 Å². The fraction of sp³-hybridized carbons (Fsp3) is 0.667. The van der Waals surface area contributed by atoms with Crippen molar-refractivity contribution in [1.29, 1.82) is 0 Å². The number of hydrogen-bond acceptors (Lipinski definition) is 0. The molecule has 0 amide bonds. The molecule has 0 aliphatic carbocycles. The van der Waals surface area contributed by atoms with Crippen LogP contribution in [0.25, 0.3) is 0 Å². The Bertz CT molecular complexity index is 116. The van der Waals surface area contributed by atoms with Gasteiger partial charge in [-0.05, 0) is 24.8 Å². The molecule has 0 aliphatic rings. The number of hydrogen-bond donors (Lipinski definition) is 0. The van der Waals surface area contributed by atoms with E-state index < -0.39 is 0 Å². The van der Waals surface area contributed by atoms with E-state index in [-0.39, 0.29) is 0 Å². The molecule has 52 valence electrons. The van der Waals surface area contributed by atoms with E-state index in [1.165, 1.54) is 18.4 Å². The number of rotatable bonds is 3. The lowest BCUT2D eigenvalue weighted by molar-refractivity contribution is 0.603. The molecular formula is C9H16. The first-order valence-corrected chi connectivity index (χ1v) is 3.58. The van der Waals surface area contributed by atoms with Gasteiger partial charge in [-0.25, -0.2) is 0 Å². The largest absolute Gasteiger partial charge is 0.130 e. The van der Waals surface area contributed by atoms with Gasteiger partial charge in [0.1, 0.15) is 0 Å². The summed E-state index contributed by atoms with van der Waals surface area (Å²) in [5.41, 5.74) is 4.20. The first-order chi connectivity index (χ1) is 4.22. The third kappa shape index (κ3) is 3.16. The topological polar surface area (TPSA) is 0 Å². The van der Waals surface area contributed by atoms with Gasteiger partial charge < -0.3 is 0 Å². The summed E-state index contributed by atoms with van der Waals surface area (Å²) in [5.74, 6) is 0.674. The number of allylic oxidation sites excluding steroid dienone is 1. The molecule has 0 heterocycles. The minimum atomic E-state index is 0.674. The van der Waals surface area contributed by atoms with Crippen molar-refractivity contribution in [2.24, 2.45) is 5.92 Å². The fourth-order valence-corrected chi connectivity index (χ4v) is 0.824. The van der Waals surface area contributed by atoms with Gasteiger partial charge in [0.15, 0.2) is 0 Å². The van der Waals surface area contributed by atoms with E-state index in [9.17, 15) is 0 Å². The van der Waals surface area contributed by atoms with Gasteiger partial charge in [-0.15, -0.1) is 5.73 Å². The van der Waals surface area contributed by atoms with Gasteiger partial charge in [-0.3, -0.25) is 0 Å². The van der Waals surface area contributed by atoms with Crippen LogP contribution in [0.4, 0.5) is 0 Å². The first-order valence-electron chi connectivity index (χ1n) is 3.58. The SMILES string of the molecule is C=C=C(C)C(C)CCC. The first kappa shape index (κ1) is 8.52. The highest BCUT2D eigenvalue weighted by atomic mass is 14.0. The molecule has 0 aliphatic heterocycles. The van der Waals surface area contributed by atoms with E-state index in [0.717, 1.165) is 0 Å². The second-order valence-electron chi connectivity index (χ2n) is 2.55. The average Bonchev–Trinajstić information content (AvgIpc) is 1.87. The molecule has 0 radical (unpaired) electrons. The van der Waals surface area contributed by atoms with E-state index in [0.29, 0.717) is 5.92 Å².